The summed E-state index contributed by atoms with van der Waals surface area (Å²) < 4.78 is 49.1. The molecular weight excluding hydrogens is 345 g/mol. The van der Waals surface area contributed by atoms with Gasteiger partial charge in [0.05, 0.1) is 15.3 Å². The van der Waals surface area contributed by atoms with E-state index in [1.54, 1.807) is 6.07 Å². The van der Waals surface area contributed by atoms with Crippen LogP contribution in [0, 0.1) is 0 Å². The SMILES string of the molecule is CS(=O)(=O)C1CCN(S(=O)(=O)c2c(Cl)cccc2Cl)C1. The summed E-state index contributed by atoms with van der Waals surface area (Å²) in [6.45, 7) is 0.0738. The summed E-state index contributed by atoms with van der Waals surface area (Å²) >= 11 is 11.8. The Morgan fingerprint density at radius 2 is 1.70 bits per heavy atom. The Kier molecular flexibility index (Phi) is 4.37. The number of hydrogen-bond acceptors (Lipinski definition) is 4. The van der Waals surface area contributed by atoms with Crippen LogP contribution >= 0.6 is 23.2 Å². The van der Waals surface area contributed by atoms with Crippen molar-refractivity contribution in [3.05, 3.63) is 28.2 Å². The molecule has 1 fully saturated rings. The van der Waals surface area contributed by atoms with Crippen LogP contribution in [-0.2, 0) is 19.9 Å². The van der Waals surface area contributed by atoms with Gasteiger partial charge >= 0.3 is 0 Å². The molecule has 0 radical (unpaired) electrons. The van der Waals surface area contributed by atoms with E-state index in [9.17, 15) is 16.8 Å². The average molecular weight is 358 g/mol. The van der Waals surface area contributed by atoms with Gasteiger partial charge in [0.2, 0.25) is 10.0 Å². The van der Waals surface area contributed by atoms with E-state index < -0.39 is 25.1 Å². The van der Waals surface area contributed by atoms with Gasteiger partial charge in [0.1, 0.15) is 4.90 Å². The molecule has 0 N–H and O–H groups in total. The summed E-state index contributed by atoms with van der Waals surface area (Å²) in [5.41, 5.74) is 0. The van der Waals surface area contributed by atoms with Gasteiger partial charge in [-0.15, -0.1) is 0 Å². The normalized spacial score (nSPS) is 21.2. The van der Waals surface area contributed by atoms with E-state index in [1.165, 1.54) is 12.1 Å². The van der Waals surface area contributed by atoms with Crippen molar-refractivity contribution in [2.75, 3.05) is 19.3 Å². The van der Waals surface area contributed by atoms with Gasteiger partial charge in [0, 0.05) is 19.3 Å². The van der Waals surface area contributed by atoms with Crippen LogP contribution in [-0.4, -0.2) is 45.7 Å². The third-order valence-corrected chi connectivity index (χ3v) is 7.65. The summed E-state index contributed by atoms with van der Waals surface area (Å²) in [7, 11) is -7.16. The summed E-state index contributed by atoms with van der Waals surface area (Å²) in [5, 5.41) is -0.626. The van der Waals surface area contributed by atoms with Gasteiger partial charge in [-0.25, -0.2) is 16.8 Å². The third-order valence-electron chi connectivity index (χ3n) is 3.23. The molecule has 1 unspecified atom stereocenters. The van der Waals surface area contributed by atoms with Gasteiger partial charge < -0.3 is 0 Å². The topological polar surface area (TPSA) is 71.5 Å². The van der Waals surface area contributed by atoms with Gasteiger partial charge in [-0.05, 0) is 18.6 Å². The zero-order chi connectivity index (χ0) is 15.1. The minimum Gasteiger partial charge on any atom is -0.229 e. The molecule has 1 heterocycles. The van der Waals surface area contributed by atoms with Crippen molar-refractivity contribution in [1.29, 1.82) is 0 Å². The maximum absolute atomic E-state index is 12.5. The van der Waals surface area contributed by atoms with E-state index in [1.807, 2.05) is 0 Å². The molecule has 0 bridgehead atoms. The predicted molar refractivity (Wildman–Crippen MR) is 78.5 cm³/mol. The van der Waals surface area contributed by atoms with Crippen LogP contribution in [0.3, 0.4) is 0 Å². The van der Waals surface area contributed by atoms with Crippen LogP contribution in [0.2, 0.25) is 10.0 Å². The van der Waals surface area contributed by atoms with E-state index in [4.69, 9.17) is 23.2 Å². The first-order chi connectivity index (χ1) is 9.14. The fourth-order valence-corrected chi connectivity index (χ4v) is 5.79. The minimum atomic E-state index is -3.89. The Morgan fingerprint density at radius 3 is 2.15 bits per heavy atom. The molecule has 1 saturated heterocycles. The van der Waals surface area contributed by atoms with Crippen LogP contribution in [0.15, 0.2) is 23.1 Å². The standard InChI is InChI=1S/C11H13Cl2NO4S2/c1-19(15,16)8-5-6-14(7-8)20(17,18)11-9(12)3-2-4-10(11)13/h2-4,8H,5-7H2,1H3. The van der Waals surface area contributed by atoms with Crippen molar-refractivity contribution in [2.45, 2.75) is 16.6 Å². The maximum atomic E-state index is 12.5. The highest BCUT2D eigenvalue weighted by molar-refractivity contribution is 7.91. The van der Waals surface area contributed by atoms with Crippen molar-refractivity contribution in [3.8, 4) is 0 Å². The molecule has 0 spiro atoms. The van der Waals surface area contributed by atoms with Crippen LogP contribution in [0.25, 0.3) is 0 Å². The molecule has 1 aliphatic rings. The van der Waals surface area contributed by atoms with Crippen molar-refractivity contribution in [1.82, 2.24) is 4.31 Å². The van der Waals surface area contributed by atoms with E-state index in [2.05, 4.69) is 0 Å². The molecule has 0 saturated carbocycles. The quantitative estimate of drug-likeness (QED) is 0.826. The van der Waals surface area contributed by atoms with Gasteiger partial charge in [-0.3, -0.25) is 0 Å². The molecule has 0 amide bonds. The first kappa shape index (κ1) is 16.0. The Labute approximate surface area is 128 Å². The predicted octanol–water partition coefficient (Wildman–Crippen LogP) is 1.80. The highest BCUT2D eigenvalue weighted by Crippen LogP contribution is 2.33. The fourth-order valence-electron chi connectivity index (χ4n) is 2.12. The van der Waals surface area contributed by atoms with Crippen LogP contribution in [0.1, 0.15) is 6.42 Å². The number of nitrogens with zero attached hydrogens (tertiary/aromatic N) is 1. The zero-order valence-electron chi connectivity index (χ0n) is 10.6. The minimum absolute atomic E-state index is 0.0281. The maximum Gasteiger partial charge on any atom is 0.246 e. The molecule has 9 heteroatoms. The molecule has 1 aliphatic heterocycles. The largest absolute Gasteiger partial charge is 0.246 e. The van der Waals surface area contributed by atoms with Crippen molar-refractivity contribution in [3.63, 3.8) is 0 Å². The lowest BCUT2D eigenvalue weighted by atomic mass is 10.4. The highest BCUT2D eigenvalue weighted by atomic mass is 35.5. The third kappa shape index (κ3) is 2.96. The van der Waals surface area contributed by atoms with Crippen LogP contribution in [0.5, 0.6) is 0 Å². The van der Waals surface area contributed by atoms with Crippen molar-refractivity contribution >= 4 is 43.1 Å². The first-order valence-electron chi connectivity index (χ1n) is 5.77. The molecule has 2 rings (SSSR count). The second-order valence-corrected chi connectivity index (χ2v) is 9.67. The molecule has 1 aromatic carbocycles. The molecule has 1 aromatic rings. The highest BCUT2D eigenvalue weighted by Gasteiger charge is 2.38. The first-order valence-corrected chi connectivity index (χ1v) is 9.92. The van der Waals surface area contributed by atoms with E-state index in [0.29, 0.717) is 0 Å². The monoisotopic (exact) mass is 357 g/mol. The van der Waals surface area contributed by atoms with Crippen molar-refractivity contribution < 1.29 is 16.8 Å². The number of rotatable bonds is 3. The van der Waals surface area contributed by atoms with Crippen LogP contribution < -0.4 is 0 Å². The fraction of sp³-hybridized carbons (Fsp3) is 0.455. The lowest BCUT2D eigenvalue weighted by Gasteiger charge is -2.18. The van der Waals surface area contributed by atoms with E-state index in [0.717, 1.165) is 10.6 Å². The summed E-state index contributed by atoms with van der Waals surface area (Å²) in [6, 6.07) is 4.42. The van der Waals surface area contributed by atoms with E-state index in [-0.39, 0.29) is 34.5 Å². The zero-order valence-corrected chi connectivity index (χ0v) is 13.7. The number of sulfonamides is 1. The Morgan fingerprint density at radius 1 is 1.15 bits per heavy atom. The van der Waals surface area contributed by atoms with Gasteiger partial charge in [0.15, 0.2) is 9.84 Å². The molecule has 5 nitrogen and oxygen atoms in total. The number of halogens is 2. The van der Waals surface area contributed by atoms with Gasteiger partial charge in [-0.2, -0.15) is 4.31 Å². The van der Waals surface area contributed by atoms with E-state index >= 15 is 0 Å². The molecule has 0 aromatic heterocycles. The number of hydrogen-bond donors (Lipinski definition) is 0. The second-order valence-electron chi connectivity index (χ2n) is 4.65. The Hall–Kier alpha value is -0.340. The number of benzene rings is 1. The van der Waals surface area contributed by atoms with Gasteiger partial charge in [-0.1, -0.05) is 29.3 Å². The lowest BCUT2D eigenvalue weighted by molar-refractivity contribution is 0.477. The molecular formula is C11H13Cl2NO4S2. The Balaban J connectivity index is 2.39. The van der Waals surface area contributed by atoms with Crippen molar-refractivity contribution in [2.24, 2.45) is 0 Å². The smallest absolute Gasteiger partial charge is 0.229 e. The molecule has 20 heavy (non-hydrogen) atoms. The van der Waals surface area contributed by atoms with Crippen LogP contribution in [0.4, 0.5) is 0 Å². The summed E-state index contributed by atoms with van der Waals surface area (Å²) in [4.78, 5) is -0.169. The molecule has 1 atom stereocenters. The Bertz CT molecular complexity index is 711. The average Bonchev–Trinajstić information content (AvgIpc) is 2.77. The molecule has 0 aliphatic carbocycles. The summed E-state index contributed by atoms with van der Waals surface area (Å²) in [6.07, 6.45) is 1.39. The molecule has 112 valence electrons. The second kappa shape index (κ2) is 5.46. The lowest BCUT2D eigenvalue weighted by Crippen LogP contribution is -2.32. The van der Waals surface area contributed by atoms with Gasteiger partial charge in [0.25, 0.3) is 0 Å². The number of sulfone groups is 1. The summed E-state index contributed by atoms with van der Waals surface area (Å²) in [5.74, 6) is 0.